The van der Waals surface area contributed by atoms with Crippen LogP contribution < -0.4 is 10.6 Å². The van der Waals surface area contributed by atoms with Gasteiger partial charge < -0.3 is 15.5 Å². The highest BCUT2D eigenvalue weighted by Crippen LogP contribution is 2.20. The molecule has 0 atom stereocenters. The molecule has 2 aromatic carbocycles. The lowest BCUT2D eigenvalue weighted by Gasteiger charge is -2.34. The van der Waals surface area contributed by atoms with Crippen molar-refractivity contribution in [1.29, 1.82) is 0 Å². The Bertz CT molecular complexity index is 1020. The van der Waals surface area contributed by atoms with Crippen LogP contribution in [0.15, 0.2) is 53.4 Å². The van der Waals surface area contributed by atoms with Crippen LogP contribution in [0.3, 0.4) is 0 Å². The molecule has 1 heterocycles. The van der Waals surface area contributed by atoms with Gasteiger partial charge in [0.2, 0.25) is 15.9 Å². The molecule has 0 aliphatic carbocycles. The van der Waals surface area contributed by atoms with Crippen molar-refractivity contribution in [3.05, 3.63) is 59.1 Å². The van der Waals surface area contributed by atoms with Crippen LogP contribution in [-0.4, -0.2) is 69.2 Å². The third kappa shape index (κ3) is 4.92. The fourth-order valence-corrected chi connectivity index (χ4v) is 4.73. The highest BCUT2D eigenvalue weighted by molar-refractivity contribution is 7.89. The number of carbonyl (C=O) groups excluding carboxylic acids is 2. The number of halogens is 1. The molecule has 2 aromatic rings. The summed E-state index contributed by atoms with van der Waals surface area (Å²) in [5, 5.41) is 6.03. The number of benzene rings is 2. The topological polar surface area (TPSA) is 98.8 Å². The first kappa shape index (κ1) is 22.1. The highest BCUT2D eigenvalue weighted by Gasteiger charge is 2.30. The van der Waals surface area contributed by atoms with Gasteiger partial charge in [-0.05, 0) is 36.4 Å². The fourth-order valence-electron chi connectivity index (χ4n) is 3.19. The number of hydrogen-bond acceptors (Lipinski definition) is 5. The lowest BCUT2D eigenvalue weighted by Crippen LogP contribution is -2.51. The largest absolute Gasteiger partial charge is 0.376 e. The number of carbonyl (C=O) groups is 2. The Hall–Kier alpha value is -2.62. The van der Waals surface area contributed by atoms with Gasteiger partial charge in [0.25, 0.3) is 5.91 Å². The van der Waals surface area contributed by atoms with Crippen molar-refractivity contribution in [2.45, 2.75) is 4.90 Å². The van der Waals surface area contributed by atoms with Crippen molar-refractivity contribution in [2.75, 3.05) is 45.1 Å². The highest BCUT2D eigenvalue weighted by atomic mass is 35.5. The molecule has 1 aliphatic rings. The van der Waals surface area contributed by atoms with Crippen molar-refractivity contribution in [3.8, 4) is 0 Å². The van der Waals surface area contributed by atoms with Crippen LogP contribution >= 0.6 is 11.6 Å². The smallest absolute Gasteiger partial charge is 0.253 e. The molecule has 30 heavy (non-hydrogen) atoms. The monoisotopic (exact) mass is 450 g/mol. The molecule has 0 unspecified atom stereocenters. The maximum atomic E-state index is 12.7. The van der Waals surface area contributed by atoms with Crippen LogP contribution in [0.2, 0.25) is 5.02 Å². The predicted octanol–water partition coefficient (Wildman–Crippen LogP) is 1.64. The minimum Gasteiger partial charge on any atom is -0.376 e. The number of sulfonamides is 1. The molecular weight excluding hydrogens is 428 g/mol. The minimum atomic E-state index is -3.62. The molecule has 0 radical (unpaired) electrons. The molecule has 160 valence electrons. The molecule has 10 heteroatoms. The number of hydrogen-bond donors (Lipinski definition) is 2. The Balaban J connectivity index is 1.57. The summed E-state index contributed by atoms with van der Waals surface area (Å²) in [5.74, 6) is -0.406. The van der Waals surface area contributed by atoms with Gasteiger partial charge in [0, 0.05) is 43.9 Å². The van der Waals surface area contributed by atoms with Crippen LogP contribution in [-0.2, 0) is 14.8 Å². The zero-order valence-corrected chi connectivity index (χ0v) is 18.0. The Morgan fingerprint density at radius 2 is 1.63 bits per heavy atom. The third-order valence-corrected chi connectivity index (χ3v) is 7.04. The lowest BCUT2D eigenvalue weighted by molar-refractivity contribution is -0.130. The Morgan fingerprint density at radius 1 is 1.00 bits per heavy atom. The van der Waals surface area contributed by atoms with Gasteiger partial charge in [-0.15, -0.1) is 0 Å². The molecule has 0 spiro atoms. The Labute approximate surface area is 180 Å². The SMILES string of the molecule is CNC(=O)c1ccccc1NCC(=O)N1CCN(S(=O)(=O)c2ccc(Cl)cc2)CC1. The van der Waals surface area contributed by atoms with E-state index in [1.54, 1.807) is 36.2 Å². The Kier molecular flexibility index (Phi) is 6.96. The van der Waals surface area contributed by atoms with E-state index in [0.717, 1.165) is 0 Å². The molecular formula is C20H23ClN4O4S. The average molecular weight is 451 g/mol. The van der Waals surface area contributed by atoms with Gasteiger partial charge in [0.05, 0.1) is 17.0 Å². The van der Waals surface area contributed by atoms with E-state index in [2.05, 4.69) is 10.6 Å². The van der Waals surface area contributed by atoms with E-state index in [9.17, 15) is 18.0 Å². The summed E-state index contributed by atoms with van der Waals surface area (Å²) in [4.78, 5) is 26.3. The standard InChI is InChI=1S/C20H23ClN4O4S/c1-22-20(27)17-4-2-3-5-18(17)23-14-19(26)24-10-12-25(13-11-24)30(28,29)16-8-6-15(21)7-9-16/h2-9,23H,10-14H2,1H3,(H,22,27). The number of rotatable bonds is 6. The van der Waals surface area contributed by atoms with Gasteiger partial charge in [0.15, 0.2) is 0 Å². The summed E-state index contributed by atoms with van der Waals surface area (Å²) < 4.78 is 26.9. The van der Waals surface area contributed by atoms with Crippen LogP contribution in [0.25, 0.3) is 0 Å². The first-order valence-electron chi connectivity index (χ1n) is 9.41. The minimum absolute atomic E-state index is 0.0118. The second-order valence-corrected chi connectivity index (χ2v) is 9.09. The van der Waals surface area contributed by atoms with Crippen LogP contribution in [0.5, 0.6) is 0 Å². The van der Waals surface area contributed by atoms with Crippen LogP contribution in [0.1, 0.15) is 10.4 Å². The maximum absolute atomic E-state index is 12.7. The summed E-state index contributed by atoms with van der Waals surface area (Å²) in [5.41, 5.74) is 1.01. The molecule has 0 saturated carbocycles. The maximum Gasteiger partial charge on any atom is 0.253 e. The first-order chi connectivity index (χ1) is 14.3. The third-order valence-electron chi connectivity index (χ3n) is 4.87. The van der Waals surface area contributed by atoms with Crippen molar-refractivity contribution < 1.29 is 18.0 Å². The molecule has 2 N–H and O–H groups in total. The van der Waals surface area contributed by atoms with E-state index in [1.807, 2.05) is 0 Å². The Morgan fingerprint density at radius 3 is 2.27 bits per heavy atom. The van der Waals surface area contributed by atoms with Crippen molar-refractivity contribution in [1.82, 2.24) is 14.5 Å². The quantitative estimate of drug-likeness (QED) is 0.697. The van der Waals surface area contributed by atoms with E-state index in [4.69, 9.17) is 11.6 Å². The van der Waals surface area contributed by atoms with Gasteiger partial charge in [-0.1, -0.05) is 23.7 Å². The van der Waals surface area contributed by atoms with Gasteiger partial charge in [-0.25, -0.2) is 8.42 Å². The summed E-state index contributed by atoms with van der Waals surface area (Å²) in [6.07, 6.45) is 0. The number of nitrogens with one attached hydrogen (secondary N) is 2. The lowest BCUT2D eigenvalue weighted by atomic mass is 10.1. The average Bonchev–Trinajstić information content (AvgIpc) is 2.77. The second kappa shape index (κ2) is 9.46. The van der Waals surface area contributed by atoms with Gasteiger partial charge >= 0.3 is 0 Å². The normalized spacial score (nSPS) is 14.9. The van der Waals surface area contributed by atoms with Crippen LogP contribution in [0, 0.1) is 0 Å². The molecule has 8 nitrogen and oxygen atoms in total. The molecule has 2 amide bonds. The number of para-hydroxylation sites is 1. The summed E-state index contributed by atoms with van der Waals surface area (Å²) in [7, 11) is -2.08. The molecule has 1 saturated heterocycles. The fraction of sp³-hybridized carbons (Fsp3) is 0.300. The number of piperazine rings is 1. The summed E-state index contributed by atoms with van der Waals surface area (Å²) in [6, 6.07) is 13.0. The van der Waals surface area contributed by atoms with Crippen LogP contribution in [0.4, 0.5) is 5.69 Å². The van der Waals surface area contributed by atoms with Gasteiger partial charge in [0.1, 0.15) is 0 Å². The van der Waals surface area contributed by atoms with Crippen molar-refractivity contribution in [2.24, 2.45) is 0 Å². The summed E-state index contributed by atoms with van der Waals surface area (Å²) >= 11 is 5.83. The van der Waals surface area contributed by atoms with E-state index < -0.39 is 10.0 Å². The van der Waals surface area contributed by atoms with Crippen molar-refractivity contribution >= 4 is 39.1 Å². The number of amides is 2. The zero-order valence-electron chi connectivity index (χ0n) is 16.5. The first-order valence-corrected chi connectivity index (χ1v) is 11.2. The van der Waals surface area contributed by atoms with E-state index >= 15 is 0 Å². The van der Waals surface area contributed by atoms with E-state index in [1.165, 1.54) is 28.6 Å². The van der Waals surface area contributed by atoms with Gasteiger partial charge in [-0.2, -0.15) is 4.31 Å². The molecule has 0 bridgehead atoms. The van der Waals surface area contributed by atoms with E-state index in [0.29, 0.717) is 29.4 Å². The van der Waals surface area contributed by atoms with Gasteiger partial charge in [-0.3, -0.25) is 9.59 Å². The predicted molar refractivity (Wildman–Crippen MR) is 115 cm³/mol. The number of anilines is 1. The molecule has 1 aliphatic heterocycles. The zero-order chi connectivity index (χ0) is 21.7. The molecule has 0 aromatic heterocycles. The molecule has 1 fully saturated rings. The molecule has 3 rings (SSSR count). The second-order valence-electron chi connectivity index (χ2n) is 6.72. The number of nitrogens with zero attached hydrogens (tertiary/aromatic N) is 2. The van der Waals surface area contributed by atoms with Crippen molar-refractivity contribution in [3.63, 3.8) is 0 Å². The summed E-state index contributed by atoms with van der Waals surface area (Å²) in [6.45, 7) is 1.03. The van der Waals surface area contributed by atoms with E-state index in [-0.39, 0.29) is 36.3 Å².